The second-order valence-electron chi connectivity index (χ2n) is 2.29. The van der Waals surface area contributed by atoms with Crippen LogP contribution in [-0.2, 0) is 0 Å². The first kappa shape index (κ1) is 7.72. The van der Waals surface area contributed by atoms with Gasteiger partial charge in [-0.1, -0.05) is 0 Å². The number of methoxy groups -OCH3 is 1. The van der Waals surface area contributed by atoms with E-state index in [4.69, 9.17) is 9.84 Å². The summed E-state index contributed by atoms with van der Waals surface area (Å²) in [6, 6.07) is 2.73. The Hall–Kier alpha value is -1.38. The third kappa shape index (κ3) is 1.37. The molecule has 2 N–H and O–H groups in total. The third-order valence-corrected chi connectivity index (χ3v) is 1.54. The lowest BCUT2D eigenvalue weighted by molar-refractivity contribution is 0.393. The molecule has 0 amide bonds. The standard InChI is InChI=1S/C8H10O3/c1-5-7(10)3-6(9)4-8(5)11-2/h3-4,9-10H,1-2H3. The molecule has 0 atom stereocenters. The van der Waals surface area contributed by atoms with Gasteiger partial charge in [-0.25, -0.2) is 0 Å². The highest BCUT2D eigenvalue weighted by molar-refractivity contribution is 5.48. The molecule has 3 nitrogen and oxygen atoms in total. The Labute approximate surface area is 64.9 Å². The number of hydrogen-bond donors (Lipinski definition) is 2. The van der Waals surface area contributed by atoms with Crippen molar-refractivity contribution in [3.63, 3.8) is 0 Å². The van der Waals surface area contributed by atoms with Crippen molar-refractivity contribution in [3.8, 4) is 17.2 Å². The molecule has 0 unspecified atom stereocenters. The number of rotatable bonds is 1. The van der Waals surface area contributed by atoms with Crippen LogP contribution in [0.2, 0.25) is 0 Å². The minimum Gasteiger partial charge on any atom is -0.508 e. The molecular weight excluding hydrogens is 144 g/mol. The molecule has 0 aliphatic heterocycles. The first-order chi connectivity index (χ1) is 5.15. The Morgan fingerprint density at radius 1 is 1.27 bits per heavy atom. The van der Waals surface area contributed by atoms with Crippen LogP contribution in [0.5, 0.6) is 17.2 Å². The van der Waals surface area contributed by atoms with Gasteiger partial charge in [-0.05, 0) is 6.92 Å². The van der Waals surface area contributed by atoms with Gasteiger partial charge in [-0.2, -0.15) is 0 Å². The van der Waals surface area contributed by atoms with Crippen LogP contribution in [0.4, 0.5) is 0 Å². The number of ether oxygens (including phenoxy) is 1. The van der Waals surface area contributed by atoms with Crippen molar-refractivity contribution < 1.29 is 14.9 Å². The van der Waals surface area contributed by atoms with E-state index in [2.05, 4.69) is 0 Å². The fraction of sp³-hybridized carbons (Fsp3) is 0.250. The van der Waals surface area contributed by atoms with Gasteiger partial charge in [0.2, 0.25) is 0 Å². The summed E-state index contributed by atoms with van der Waals surface area (Å²) in [5.74, 6) is 0.536. The average molecular weight is 154 g/mol. The van der Waals surface area contributed by atoms with E-state index >= 15 is 0 Å². The van der Waals surface area contributed by atoms with Crippen LogP contribution in [0.25, 0.3) is 0 Å². The lowest BCUT2D eigenvalue weighted by Crippen LogP contribution is -1.86. The van der Waals surface area contributed by atoms with E-state index in [9.17, 15) is 5.11 Å². The summed E-state index contributed by atoms with van der Waals surface area (Å²) < 4.78 is 4.89. The zero-order chi connectivity index (χ0) is 8.43. The fourth-order valence-corrected chi connectivity index (χ4v) is 0.871. The largest absolute Gasteiger partial charge is 0.508 e. The molecule has 0 saturated carbocycles. The van der Waals surface area contributed by atoms with Crippen molar-refractivity contribution in [2.75, 3.05) is 7.11 Å². The Balaban J connectivity index is 3.24. The van der Waals surface area contributed by atoms with E-state index in [-0.39, 0.29) is 11.5 Å². The van der Waals surface area contributed by atoms with Crippen molar-refractivity contribution in [3.05, 3.63) is 17.7 Å². The molecule has 0 aliphatic carbocycles. The normalized spacial score (nSPS) is 9.64. The topological polar surface area (TPSA) is 49.7 Å². The quantitative estimate of drug-likeness (QED) is 0.643. The van der Waals surface area contributed by atoms with E-state index in [1.807, 2.05) is 0 Å². The lowest BCUT2D eigenvalue weighted by atomic mass is 10.2. The minimum absolute atomic E-state index is 0.00458. The molecule has 0 heterocycles. The molecule has 0 saturated heterocycles. The van der Waals surface area contributed by atoms with Gasteiger partial charge < -0.3 is 14.9 Å². The number of phenols is 2. The Morgan fingerprint density at radius 2 is 1.91 bits per heavy atom. The summed E-state index contributed by atoms with van der Waals surface area (Å²) in [5, 5.41) is 18.2. The smallest absolute Gasteiger partial charge is 0.129 e. The van der Waals surface area contributed by atoms with Gasteiger partial charge in [0.1, 0.15) is 17.2 Å². The molecule has 1 rings (SSSR count). The van der Waals surface area contributed by atoms with Crippen LogP contribution in [0.1, 0.15) is 5.56 Å². The van der Waals surface area contributed by atoms with Crippen molar-refractivity contribution in [1.82, 2.24) is 0 Å². The summed E-state index contributed by atoms with van der Waals surface area (Å²) in [6.45, 7) is 1.72. The van der Waals surface area contributed by atoms with E-state index in [0.717, 1.165) is 0 Å². The zero-order valence-corrected chi connectivity index (χ0v) is 6.46. The zero-order valence-electron chi connectivity index (χ0n) is 6.46. The number of benzene rings is 1. The molecule has 0 aromatic heterocycles. The monoisotopic (exact) mass is 154 g/mol. The van der Waals surface area contributed by atoms with E-state index < -0.39 is 0 Å². The van der Waals surface area contributed by atoms with Gasteiger partial charge in [0.15, 0.2) is 0 Å². The maximum Gasteiger partial charge on any atom is 0.129 e. The highest BCUT2D eigenvalue weighted by Crippen LogP contribution is 2.31. The molecule has 0 fully saturated rings. The van der Waals surface area contributed by atoms with Crippen LogP contribution >= 0.6 is 0 Å². The van der Waals surface area contributed by atoms with Crippen LogP contribution in [0, 0.1) is 6.92 Å². The summed E-state index contributed by atoms with van der Waals surface area (Å²) in [5.41, 5.74) is 0.630. The highest BCUT2D eigenvalue weighted by atomic mass is 16.5. The van der Waals surface area contributed by atoms with Crippen molar-refractivity contribution >= 4 is 0 Å². The number of aromatic hydroxyl groups is 2. The van der Waals surface area contributed by atoms with Crippen molar-refractivity contribution in [2.24, 2.45) is 0 Å². The van der Waals surface area contributed by atoms with Gasteiger partial charge >= 0.3 is 0 Å². The number of hydrogen-bond acceptors (Lipinski definition) is 3. The molecule has 1 aromatic carbocycles. The van der Waals surface area contributed by atoms with E-state index in [0.29, 0.717) is 11.3 Å². The molecule has 11 heavy (non-hydrogen) atoms. The van der Waals surface area contributed by atoms with Crippen LogP contribution in [0.15, 0.2) is 12.1 Å². The van der Waals surface area contributed by atoms with Crippen LogP contribution in [-0.4, -0.2) is 17.3 Å². The summed E-state index contributed by atoms with van der Waals surface area (Å²) in [7, 11) is 1.49. The number of phenolic OH excluding ortho intramolecular Hbond substituents is 2. The molecule has 0 bridgehead atoms. The summed E-state index contributed by atoms with van der Waals surface area (Å²) in [6.07, 6.45) is 0. The molecule has 0 spiro atoms. The second kappa shape index (κ2) is 2.70. The maximum atomic E-state index is 9.17. The maximum absolute atomic E-state index is 9.17. The molecule has 0 aliphatic rings. The average Bonchev–Trinajstić information content (AvgIpc) is 1.96. The van der Waals surface area contributed by atoms with E-state index in [1.54, 1.807) is 6.92 Å². The van der Waals surface area contributed by atoms with Crippen molar-refractivity contribution in [2.45, 2.75) is 6.92 Å². The van der Waals surface area contributed by atoms with E-state index in [1.165, 1.54) is 19.2 Å². The molecule has 1 aromatic rings. The van der Waals surface area contributed by atoms with Gasteiger partial charge in [0.05, 0.1) is 7.11 Å². The van der Waals surface area contributed by atoms with Gasteiger partial charge in [0.25, 0.3) is 0 Å². The van der Waals surface area contributed by atoms with Gasteiger partial charge in [-0.3, -0.25) is 0 Å². The SMILES string of the molecule is COc1cc(O)cc(O)c1C. The Bertz CT molecular complexity index is 268. The third-order valence-electron chi connectivity index (χ3n) is 1.54. The lowest BCUT2D eigenvalue weighted by Gasteiger charge is -2.06. The Kier molecular flexibility index (Phi) is 1.89. The minimum atomic E-state index is 0.00458. The summed E-state index contributed by atoms with van der Waals surface area (Å²) >= 11 is 0. The molecule has 0 radical (unpaired) electrons. The fourth-order valence-electron chi connectivity index (χ4n) is 0.871. The van der Waals surface area contributed by atoms with Crippen LogP contribution in [0.3, 0.4) is 0 Å². The van der Waals surface area contributed by atoms with Crippen molar-refractivity contribution in [1.29, 1.82) is 0 Å². The molecular formula is C8H10O3. The second-order valence-corrected chi connectivity index (χ2v) is 2.29. The van der Waals surface area contributed by atoms with Gasteiger partial charge in [0, 0.05) is 17.7 Å². The highest BCUT2D eigenvalue weighted by Gasteiger charge is 2.04. The first-order valence-electron chi connectivity index (χ1n) is 3.21. The predicted molar refractivity (Wildman–Crippen MR) is 41.1 cm³/mol. The van der Waals surface area contributed by atoms with Gasteiger partial charge in [-0.15, -0.1) is 0 Å². The van der Waals surface area contributed by atoms with Crippen LogP contribution < -0.4 is 4.74 Å². The Morgan fingerprint density at radius 3 is 2.45 bits per heavy atom. The predicted octanol–water partition coefficient (Wildman–Crippen LogP) is 1.41. The first-order valence-corrected chi connectivity index (χ1v) is 3.21. The molecule has 3 heteroatoms. The summed E-state index contributed by atoms with van der Waals surface area (Å²) in [4.78, 5) is 0. The molecule has 60 valence electrons.